The summed E-state index contributed by atoms with van der Waals surface area (Å²) in [7, 11) is 0. The number of rotatable bonds is 5. The maximum absolute atomic E-state index is 13.8. The summed E-state index contributed by atoms with van der Waals surface area (Å²) < 4.78 is 5.42. The number of likely N-dealkylation sites (tertiary alicyclic amines) is 1. The predicted octanol–water partition coefficient (Wildman–Crippen LogP) is 5.79. The average Bonchev–Trinajstić information content (AvgIpc) is 3.27. The average molecular weight is 471 g/mol. The first-order chi connectivity index (χ1) is 16.6. The number of hydrogen-bond donors (Lipinski definition) is 1. The fourth-order valence-electron chi connectivity index (χ4n) is 5.27. The molecular formula is C28H23ClN2O3. The van der Waals surface area contributed by atoms with Crippen molar-refractivity contribution in [2.75, 3.05) is 6.54 Å². The van der Waals surface area contributed by atoms with Gasteiger partial charge in [-0.1, -0.05) is 48.0 Å². The number of furan rings is 1. The molecule has 1 aliphatic heterocycles. The molecule has 2 amide bonds. The van der Waals surface area contributed by atoms with E-state index in [0.717, 1.165) is 29.4 Å². The number of carbonyl (C=O) groups is 2. The standard InChI is InChI=1S/C28H23ClN2O3/c29-19-6-3-5-17(13-19)21-7-1-2-8-24(21)28(33)31-20(14-18-15-25(18)31)16-30-27(32)23-9-4-10-26-22(23)11-12-34-26/h1-13,18,20,25H,14-16H2,(H,30,32)/t18-,20+,25+/m1/s1. The Morgan fingerprint density at radius 1 is 0.971 bits per heavy atom. The molecule has 1 N–H and O–H groups in total. The molecule has 6 heteroatoms. The second-order valence-corrected chi connectivity index (χ2v) is 9.51. The van der Waals surface area contributed by atoms with Crippen LogP contribution in [0, 0.1) is 5.92 Å². The van der Waals surface area contributed by atoms with Crippen molar-refractivity contribution >= 4 is 34.4 Å². The van der Waals surface area contributed by atoms with Crippen LogP contribution in [-0.2, 0) is 0 Å². The van der Waals surface area contributed by atoms with E-state index in [-0.39, 0.29) is 23.9 Å². The third-order valence-corrected chi connectivity index (χ3v) is 7.21. The molecule has 4 aromatic rings. The Kier molecular flexibility index (Phi) is 5.15. The van der Waals surface area contributed by atoms with E-state index < -0.39 is 0 Å². The van der Waals surface area contributed by atoms with Gasteiger partial charge in [-0.15, -0.1) is 0 Å². The molecule has 1 saturated heterocycles. The number of carbonyl (C=O) groups excluding carboxylic acids is 2. The minimum absolute atomic E-state index is 0.0109. The summed E-state index contributed by atoms with van der Waals surface area (Å²) in [4.78, 5) is 28.7. The van der Waals surface area contributed by atoms with Gasteiger partial charge in [0.1, 0.15) is 5.58 Å². The second-order valence-electron chi connectivity index (χ2n) is 9.07. The van der Waals surface area contributed by atoms with Crippen LogP contribution < -0.4 is 5.32 Å². The predicted molar refractivity (Wildman–Crippen MR) is 132 cm³/mol. The lowest BCUT2D eigenvalue weighted by atomic mass is 9.98. The summed E-state index contributed by atoms with van der Waals surface area (Å²) in [5, 5.41) is 4.49. The van der Waals surface area contributed by atoms with E-state index in [9.17, 15) is 9.59 Å². The summed E-state index contributed by atoms with van der Waals surface area (Å²) in [5.41, 5.74) is 3.72. The van der Waals surface area contributed by atoms with Gasteiger partial charge in [0.2, 0.25) is 0 Å². The summed E-state index contributed by atoms with van der Waals surface area (Å²) in [6.45, 7) is 0.422. The van der Waals surface area contributed by atoms with E-state index in [1.54, 1.807) is 18.4 Å². The van der Waals surface area contributed by atoms with Gasteiger partial charge >= 0.3 is 0 Å². The topological polar surface area (TPSA) is 62.6 Å². The Bertz CT molecular complexity index is 1410. The van der Waals surface area contributed by atoms with Crippen molar-refractivity contribution in [3.8, 4) is 11.1 Å². The van der Waals surface area contributed by atoms with Crippen LogP contribution in [0.15, 0.2) is 83.5 Å². The normalized spacial score (nSPS) is 20.9. The summed E-state index contributed by atoms with van der Waals surface area (Å²) in [6, 6.07) is 22.7. The number of halogens is 1. The number of fused-ring (bicyclic) bond motifs is 2. The fourth-order valence-corrected chi connectivity index (χ4v) is 5.46. The number of benzene rings is 3. The molecule has 2 aliphatic rings. The molecule has 1 aromatic heterocycles. The molecular weight excluding hydrogens is 448 g/mol. The van der Waals surface area contributed by atoms with Gasteiger partial charge in [0, 0.05) is 28.6 Å². The lowest BCUT2D eigenvalue weighted by Crippen LogP contribution is -2.45. The van der Waals surface area contributed by atoms with Crippen LogP contribution in [0.3, 0.4) is 0 Å². The molecule has 0 radical (unpaired) electrons. The van der Waals surface area contributed by atoms with Crippen LogP contribution in [0.5, 0.6) is 0 Å². The first-order valence-electron chi connectivity index (χ1n) is 11.5. The van der Waals surface area contributed by atoms with Crippen molar-refractivity contribution in [3.05, 3.63) is 95.2 Å². The van der Waals surface area contributed by atoms with E-state index in [2.05, 4.69) is 5.32 Å². The van der Waals surface area contributed by atoms with E-state index in [1.165, 1.54) is 0 Å². The molecule has 3 atom stereocenters. The molecule has 0 unspecified atom stereocenters. The van der Waals surface area contributed by atoms with Crippen molar-refractivity contribution in [2.24, 2.45) is 5.92 Å². The quantitative estimate of drug-likeness (QED) is 0.401. The van der Waals surface area contributed by atoms with Gasteiger partial charge in [0.05, 0.1) is 17.9 Å². The van der Waals surface area contributed by atoms with Gasteiger partial charge < -0.3 is 14.6 Å². The van der Waals surface area contributed by atoms with Gasteiger partial charge in [-0.05, 0) is 66.3 Å². The van der Waals surface area contributed by atoms with Crippen molar-refractivity contribution in [3.63, 3.8) is 0 Å². The van der Waals surface area contributed by atoms with Crippen molar-refractivity contribution in [1.82, 2.24) is 10.2 Å². The molecule has 1 aliphatic carbocycles. The minimum Gasteiger partial charge on any atom is -0.464 e. The van der Waals surface area contributed by atoms with Crippen molar-refractivity contribution < 1.29 is 14.0 Å². The van der Waals surface area contributed by atoms with E-state index >= 15 is 0 Å². The maximum Gasteiger partial charge on any atom is 0.255 e. The zero-order valence-electron chi connectivity index (χ0n) is 18.4. The smallest absolute Gasteiger partial charge is 0.255 e. The first-order valence-corrected chi connectivity index (χ1v) is 11.9. The van der Waals surface area contributed by atoms with Gasteiger partial charge in [0.25, 0.3) is 11.8 Å². The molecule has 2 fully saturated rings. The van der Waals surface area contributed by atoms with Crippen molar-refractivity contribution in [2.45, 2.75) is 24.9 Å². The Morgan fingerprint density at radius 2 is 1.79 bits per heavy atom. The first kappa shape index (κ1) is 21.0. The molecule has 170 valence electrons. The number of piperidine rings is 1. The molecule has 34 heavy (non-hydrogen) atoms. The zero-order chi connectivity index (χ0) is 23.2. The number of amides is 2. The Balaban J connectivity index is 1.24. The zero-order valence-corrected chi connectivity index (χ0v) is 19.2. The van der Waals surface area contributed by atoms with Gasteiger partial charge in [-0.3, -0.25) is 9.59 Å². The monoisotopic (exact) mass is 470 g/mol. The van der Waals surface area contributed by atoms with Crippen LogP contribution in [0.4, 0.5) is 0 Å². The third-order valence-electron chi connectivity index (χ3n) is 6.98. The van der Waals surface area contributed by atoms with Crippen LogP contribution in [0.25, 0.3) is 22.1 Å². The van der Waals surface area contributed by atoms with Gasteiger partial charge in [-0.2, -0.15) is 0 Å². The lowest BCUT2D eigenvalue weighted by molar-refractivity contribution is 0.0689. The minimum atomic E-state index is -0.153. The van der Waals surface area contributed by atoms with Gasteiger partial charge in [-0.25, -0.2) is 0 Å². The highest BCUT2D eigenvalue weighted by atomic mass is 35.5. The number of nitrogens with zero attached hydrogens (tertiary/aromatic N) is 1. The fraction of sp³-hybridized carbons (Fsp3) is 0.214. The number of hydrogen-bond acceptors (Lipinski definition) is 3. The highest BCUT2D eigenvalue weighted by Crippen LogP contribution is 2.48. The van der Waals surface area contributed by atoms with E-state index in [0.29, 0.717) is 34.2 Å². The summed E-state index contributed by atoms with van der Waals surface area (Å²) in [6.07, 6.45) is 3.53. The Hall–Kier alpha value is -3.57. The molecule has 0 bridgehead atoms. The molecule has 1 saturated carbocycles. The molecule has 6 rings (SSSR count). The highest BCUT2D eigenvalue weighted by Gasteiger charge is 2.54. The lowest BCUT2D eigenvalue weighted by Gasteiger charge is -2.29. The van der Waals surface area contributed by atoms with Gasteiger partial charge in [0.15, 0.2) is 0 Å². The molecule has 0 spiro atoms. The number of nitrogens with one attached hydrogen (secondary N) is 1. The van der Waals surface area contributed by atoms with Crippen LogP contribution >= 0.6 is 11.6 Å². The molecule has 3 aromatic carbocycles. The summed E-state index contributed by atoms with van der Waals surface area (Å²) >= 11 is 6.22. The summed E-state index contributed by atoms with van der Waals surface area (Å²) in [5.74, 6) is 0.373. The van der Waals surface area contributed by atoms with Crippen LogP contribution in [-0.4, -0.2) is 35.3 Å². The Morgan fingerprint density at radius 3 is 2.68 bits per heavy atom. The Labute approximate surface area is 202 Å². The highest BCUT2D eigenvalue weighted by molar-refractivity contribution is 6.30. The SMILES string of the molecule is O=C(NC[C@@H]1C[C@@H]2C[C@@H]2N1C(=O)c1ccccc1-c1cccc(Cl)c1)c1cccc2occc12. The van der Waals surface area contributed by atoms with Crippen LogP contribution in [0.2, 0.25) is 5.02 Å². The van der Waals surface area contributed by atoms with E-state index in [4.69, 9.17) is 16.0 Å². The largest absolute Gasteiger partial charge is 0.464 e. The van der Waals surface area contributed by atoms with Crippen LogP contribution in [0.1, 0.15) is 33.6 Å². The maximum atomic E-state index is 13.8. The van der Waals surface area contributed by atoms with Crippen molar-refractivity contribution in [1.29, 1.82) is 0 Å². The van der Waals surface area contributed by atoms with E-state index in [1.807, 2.05) is 65.6 Å². The third kappa shape index (κ3) is 3.66. The second kappa shape index (κ2) is 8.33. The molecule has 5 nitrogen and oxygen atoms in total. The molecule has 2 heterocycles.